The monoisotopic (exact) mass is 278 g/mol. The molecule has 0 spiro atoms. The molecule has 0 saturated carbocycles. The molecule has 2 atom stereocenters. The maximum atomic E-state index is 12.1. The smallest absolute Gasteiger partial charge is 0.226 e. The largest absolute Gasteiger partial charge is 0.493 e. The number of likely N-dealkylation sites (N-methyl/N-ethyl adjacent to an activating group) is 1. The summed E-state index contributed by atoms with van der Waals surface area (Å²) in [5, 5.41) is 9.92. The van der Waals surface area contributed by atoms with Gasteiger partial charge in [-0.3, -0.25) is 4.79 Å². The van der Waals surface area contributed by atoms with E-state index in [0.717, 1.165) is 5.75 Å². The third-order valence-corrected chi connectivity index (χ3v) is 3.60. The summed E-state index contributed by atoms with van der Waals surface area (Å²) in [6, 6.07) is 9.48. The van der Waals surface area contributed by atoms with Gasteiger partial charge in [-0.15, -0.1) is 0 Å². The molecule has 2 rings (SSSR count). The number of rotatable bonds is 5. The van der Waals surface area contributed by atoms with Gasteiger partial charge in [0.1, 0.15) is 5.75 Å². The molecule has 1 aromatic carbocycles. The quantitative estimate of drug-likeness (QED) is 0.856. The van der Waals surface area contributed by atoms with E-state index in [1.165, 1.54) is 0 Å². The highest BCUT2D eigenvalue weighted by molar-refractivity contribution is 5.76. The number of β-amino-alcohol motifs (C(OH)–C–C–N with tert-alkyl or cyclic N) is 1. The molecule has 5 heteroatoms. The molecule has 110 valence electrons. The minimum absolute atomic E-state index is 0.0222. The number of aliphatic hydroxyl groups excluding tert-OH is 1. The van der Waals surface area contributed by atoms with Gasteiger partial charge in [0, 0.05) is 13.1 Å². The molecule has 1 aromatic rings. The normalized spacial score (nSPS) is 22.3. The summed E-state index contributed by atoms with van der Waals surface area (Å²) in [4.78, 5) is 15.7. The zero-order valence-corrected chi connectivity index (χ0v) is 12.0. The van der Waals surface area contributed by atoms with Crippen LogP contribution < -0.4 is 4.74 Å². The first kappa shape index (κ1) is 14.8. The van der Waals surface area contributed by atoms with Crippen molar-refractivity contribution in [1.82, 2.24) is 9.80 Å². The lowest BCUT2D eigenvalue weighted by Gasteiger charge is -2.21. The molecule has 1 heterocycles. The molecule has 0 unspecified atom stereocenters. The van der Waals surface area contributed by atoms with E-state index in [4.69, 9.17) is 4.74 Å². The minimum atomic E-state index is -0.469. The first-order valence-electron chi connectivity index (χ1n) is 6.88. The van der Waals surface area contributed by atoms with Crippen LogP contribution in [-0.4, -0.2) is 66.8 Å². The minimum Gasteiger partial charge on any atom is -0.493 e. The first-order valence-corrected chi connectivity index (χ1v) is 6.88. The van der Waals surface area contributed by atoms with Crippen LogP contribution in [0.3, 0.4) is 0 Å². The zero-order chi connectivity index (χ0) is 14.5. The molecular weight excluding hydrogens is 256 g/mol. The Morgan fingerprint density at radius 3 is 2.65 bits per heavy atom. The van der Waals surface area contributed by atoms with Crippen molar-refractivity contribution in [3.63, 3.8) is 0 Å². The highest BCUT2D eigenvalue weighted by Gasteiger charge is 2.34. The Kier molecular flexibility index (Phi) is 4.98. The van der Waals surface area contributed by atoms with Gasteiger partial charge in [0.15, 0.2) is 0 Å². The molecular formula is C15H22N2O3. The van der Waals surface area contributed by atoms with Crippen molar-refractivity contribution in [2.45, 2.75) is 18.6 Å². The molecule has 1 N–H and O–H groups in total. The molecule has 5 nitrogen and oxygen atoms in total. The van der Waals surface area contributed by atoms with Gasteiger partial charge < -0.3 is 19.6 Å². The summed E-state index contributed by atoms with van der Waals surface area (Å²) in [5.74, 6) is 0.803. The fourth-order valence-corrected chi connectivity index (χ4v) is 2.41. The number of amides is 1. The van der Waals surface area contributed by atoms with Crippen LogP contribution in [0.1, 0.15) is 6.42 Å². The van der Waals surface area contributed by atoms with E-state index in [1.807, 2.05) is 49.3 Å². The molecule has 0 radical (unpaired) electrons. The predicted molar refractivity (Wildman–Crippen MR) is 76.6 cm³/mol. The molecule has 1 aliphatic heterocycles. The Morgan fingerprint density at radius 1 is 1.35 bits per heavy atom. The second-order valence-electron chi connectivity index (χ2n) is 5.31. The van der Waals surface area contributed by atoms with Gasteiger partial charge in [0.25, 0.3) is 0 Å². The number of hydrogen-bond donors (Lipinski definition) is 1. The number of hydrogen-bond acceptors (Lipinski definition) is 4. The third-order valence-electron chi connectivity index (χ3n) is 3.60. The first-order chi connectivity index (χ1) is 9.58. The average Bonchev–Trinajstić information content (AvgIpc) is 2.82. The summed E-state index contributed by atoms with van der Waals surface area (Å²) in [5.41, 5.74) is 0. The van der Waals surface area contributed by atoms with Gasteiger partial charge in [-0.2, -0.15) is 0 Å². The number of benzene rings is 1. The van der Waals surface area contributed by atoms with Gasteiger partial charge in [-0.25, -0.2) is 0 Å². The van der Waals surface area contributed by atoms with Crippen LogP contribution in [0.2, 0.25) is 0 Å². The Morgan fingerprint density at radius 2 is 2.05 bits per heavy atom. The highest BCUT2D eigenvalue weighted by Crippen LogP contribution is 2.15. The van der Waals surface area contributed by atoms with Crippen molar-refractivity contribution >= 4 is 5.91 Å². The number of aliphatic hydroxyl groups is 1. The summed E-state index contributed by atoms with van der Waals surface area (Å²) >= 11 is 0. The predicted octanol–water partition coefficient (Wildman–Crippen LogP) is 0.589. The Labute approximate surface area is 119 Å². The second kappa shape index (κ2) is 6.72. The zero-order valence-electron chi connectivity index (χ0n) is 12.0. The molecule has 0 aromatic heterocycles. The van der Waals surface area contributed by atoms with E-state index in [2.05, 4.69) is 0 Å². The molecule has 20 heavy (non-hydrogen) atoms. The van der Waals surface area contributed by atoms with Crippen molar-refractivity contribution in [1.29, 1.82) is 0 Å². The average molecular weight is 278 g/mol. The standard InChI is InChI=1S/C15H22N2O3/c1-16(2)13-10-17(11-14(13)18)15(19)8-9-20-12-6-4-3-5-7-12/h3-7,13-14,18H,8-11H2,1-2H3/t13-,14-/m1/s1. The van der Waals surface area contributed by atoms with Gasteiger partial charge >= 0.3 is 0 Å². The number of nitrogens with zero attached hydrogens (tertiary/aromatic N) is 2. The summed E-state index contributed by atoms with van der Waals surface area (Å²) in [7, 11) is 3.83. The Balaban J connectivity index is 1.76. The molecule has 1 saturated heterocycles. The number of likely N-dealkylation sites (tertiary alicyclic amines) is 1. The van der Waals surface area contributed by atoms with Crippen molar-refractivity contribution < 1.29 is 14.6 Å². The molecule has 1 amide bonds. The van der Waals surface area contributed by atoms with E-state index in [1.54, 1.807) is 4.90 Å². The fourth-order valence-electron chi connectivity index (χ4n) is 2.41. The lowest BCUT2D eigenvalue weighted by Crippen LogP contribution is -2.38. The maximum absolute atomic E-state index is 12.1. The molecule has 0 bridgehead atoms. The maximum Gasteiger partial charge on any atom is 0.226 e. The summed E-state index contributed by atoms with van der Waals surface area (Å²) in [6.07, 6.45) is -0.133. The van der Waals surface area contributed by atoms with Crippen LogP contribution in [0.5, 0.6) is 5.75 Å². The van der Waals surface area contributed by atoms with Crippen LogP contribution >= 0.6 is 0 Å². The van der Waals surface area contributed by atoms with Crippen molar-refractivity contribution in [3.8, 4) is 5.75 Å². The second-order valence-corrected chi connectivity index (χ2v) is 5.31. The van der Waals surface area contributed by atoms with Crippen LogP contribution in [0.4, 0.5) is 0 Å². The van der Waals surface area contributed by atoms with Crippen molar-refractivity contribution in [3.05, 3.63) is 30.3 Å². The van der Waals surface area contributed by atoms with Crippen LogP contribution in [0.15, 0.2) is 30.3 Å². The lowest BCUT2D eigenvalue weighted by molar-refractivity contribution is -0.131. The van der Waals surface area contributed by atoms with E-state index in [0.29, 0.717) is 26.1 Å². The SMILES string of the molecule is CN(C)[C@@H]1CN(C(=O)CCOc2ccccc2)C[C@H]1O. The molecule has 1 fully saturated rings. The van der Waals surface area contributed by atoms with E-state index < -0.39 is 6.10 Å². The number of ether oxygens (including phenoxy) is 1. The highest BCUT2D eigenvalue weighted by atomic mass is 16.5. The van der Waals surface area contributed by atoms with E-state index in [-0.39, 0.29) is 11.9 Å². The Bertz CT molecular complexity index is 436. The molecule has 0 aliphatic carbocycles. The molecule has 1 aliphatic rings. The third kappa shape index (κ3) is 3.71. The van der Waals surface area contributed by atoms with Crippen LogP contribution in [0.25, 0.3) is 0 Å². The van der Waals surface area contributed by atoms with E-state index >= 15 is 0 Å². The van der Waals surface area contributed by atoms with Gasteiger partial charge in [0.2, 0.25) is 5.91 Å². The fraction of sp³-hybridized carbons (Fsp3) is 0.533. The number of carbonyl (C=O) groups is 1. The van der Waals surface area contributed by atoms with E-state index in [9.17, 15) is 9.90 Å². The van der Waals surface area contributed by atoms with Crippen LogP contribution in [-0.2, 0) is 4.79 Å². The number of para-hydroxylation sites is 1. The van der Waals surface area contributed by atoms with Gasteiger partial charge in [-0.05, 0) is 26.2 Å². The number of carbonyl (C=O) groups excluding carboxylic acids is 1. The van der Waals surface area contributed by atoms with Crippen LogP contribution in [0, 0.1) is 0 Å². The van der Waals surface area contributed by atoms with Crippen molar-refractivity contribution in [2.24, 2.45) is 0 Å². The summed E-state index contributed by atoms with van der Waals surface area (Å²) < 4.78 is 5.52. The topological polar surface area (TPSA) is 53.0 Å². The Hall–Kier alpha value is -1.59. The lowest BCUT2D eigenvalue weighted by atomic mass is 10.2. The van der Waals surface area contributed by atoms with Gasteiger partial charge in [0.05, 0.1) is 25.2 Å². The summed E-state index contributed by atoms with van der Waals surface area (Å²) in [6.45, 7) is 1.35. The van der Waals surface area contributed by atoms with Crippen molar-refractivity contribution in [2.75, 3.05) is 33.8 Å². The van der Waals surface area contributed by atoms with Gasteiger partial charge in [-0.1, -0.05) is 18.2 Å².